The van der Waals surface area contributed by atoms with Crippen LogP contribution in [0.2, 0.25) is 0 Å². The molecule has 0 aliphatic rings. The molecule has 0 spiro atoms. The van der Waals surface area contributed by atoms with Crippen molar-refractivity contribution in [1.82, 2.24) is 9.97 Å². The molecule has 4 nitrogen and oxygen atoms in total. The lowest BCUT2D eigenvalue weighted by atomic mass is 10.5. The lowest BCUT2D eigenvalue weighted by molar-refractivity contribution is 0.678. The van der Waals surface area contributed by atoms with Gasteiger partial charge >= 0.3 is 0 Å². The zero-order valence-corrected chi connectivity index (χ0v) is 8.17. The Morgan fingerprint density at radius 2 is 2.08 bits per heavy atom. The van der Waals surface area contributed by atoms with Crippen LogP contribution in [0.3, 0.4) is 0 Å². The van der Waals surface area contributed by atoms with Crippen LogP contribution < -0.4 is 5.73 Å². The number of aromatic nitrogens is 2. The van der Waals surface area contributed by atoms with E-state index in [9.17, 15) is 4.21 Å². The Labute approximate surface area is 80.0 Å². The van der Waals surface area contributed by atoms with Crippen LogP contribution in [0, 0.1) is 0 Å². The number of hydrogen-bond donors (Lipinski definition) is 1. The maximum absolute atomic E-state index is 11.3. The molecule has 0 aliphatic heterocycles. The van der Waals surface area contributed by atoms with Crippen molar-refractivity contribution >= 4 is 10.8 Å². The topological polar surface area (TPSA) is 68.9 Å². The predicted octanol–water partition coefficient (Wildman–Crippen LogP) is 0.0741. The van der Waals surface area contributed by atoms with Crippen LogP contribution in [0.4, 0.5) is 0 Å². The van der Waals surface area contributed by atoms with Gasteiger partial charge in [-0.05, 0) is 19.0 Å². The van der Waals surface area contributed by atoms with E-state index in [-0.39, 0.29) is 0 Å². The SMILES string of the molecule is NCCCS(=O)Cc1ncccn1. The molecule has 1 atom stereocenters. The summed E-state index contributed by atoms with van der Waals surface area (Å²) in [5, 5.41) is 0. The van der Waals surface area contributed by atoms with Crippen LogP contribution >= 0.6 is 0 Å². The number of rotatable bonds is 5. The maximum Gasteiger partial charge on any atom is 0.140 e. The fraction of sp³-hybridized carbons (Fsp3) is 0.500. The van der Waals surface area contributed by atoms with Crippen LogP contribution in [0.1, 0.15) is 12.2 Å². The minimum Gasteiger partial charge on any atom is -0.330 e. The van der Waals surface area contributed by atoms with Gasteiger partial charge < -0.3 is 5.73 Å². The third kappa shape index (κ3) is 4.10. The highest BCUT2D eigenvalue weighted by Crippen LogP contribution is 1.96. The minimum atomic E-state index is -0.876. The first-order chi connectivity index (χ1) is 6.33. The molecule has 1 aromatic heterocycles. The van der Waals surface area contributed by atoms with Crippen molar-refractivity contribution in [2.45, 2.75) is 12.2 Å². The molecule has 0 amide bonds. The average Bonchev–Trinajstić information content (AvgIpc) is 2.16. The van der Waals surface area contributed by atoms with Gasteiger partial charge in [0.1, 0.15) is 5.82 Å². The van der Waals surface area contributed by atoms with E-state index < -0.39 is 10.8 Å². The molecule has 0 fully saturated rings. The van der Waals surface area contributed by atoms with Gasteiger partial charge in [0.15, 0.2) is 0 Å². The molecule has 0 saturated heterocycles. The quantitative estimate of drug-likeness (QED) is 0.729. The molecule has 0 saturated carbocycles. The van der Waals surface area contributed by atoms with E-state index in [0.717, 1.165) is 6.42 Å². The first kappa shape index (κ1) is 10.3. The van der Waals surface area contributed by atoms with Crippen LogP contribution in [-0.2, 0) is 16.6 Å². The molecule has 1 aromatic rings. The van der Waals surface area contributed by atoms with Gasteiger partial charge in [-0.1, -0.05) is 0 Å². The summed E-state index contributed by atoms with van der Waals surface area (Å²) in [6.07, 6.45) is 4.10. The van der Waals surface area contributed by atoms with Crippen molar-refractivity contribution < 1.29 is 4.21 Å². The Morgan fingerprint density at radius 1 is 1.38 bits per heavy atom. The highest BCUT2D eigenvalue weighted by atomic mass is 32.2. The van der Waals surface area contributed by atoms with E-state index in [4.69, 9.17) is 5.73 Å². The zero-order chi connectivity index (χ0) is 9.52. The summed E-state index contributed by atoms with van der Waals surface area (Å²) in [4.78, 5) is 7.98. The second kappa shape index (κ2) is 5.77. The van der Waals surface area contributed by atoms with Crippen molar-refractivity contribution in [3.8, 4) is 0 Å². The van der Waals surface area contributed by atoms with Crippen molar-refractivity contribution in [2.75, 3.05) is 12.3 Å². The first-order valence-corrected chi connectivity index (χ1v) is 5.62. The molecule has 72 valence electrons. The second-order valence-electron chi connectivity index (χ2n) is 2.60. The molecule has 0 aromatic carbocycles. The van der Waals surface area contributed by atoms with Gasteiger partial charge in [-0.15, -0.1) is 0 Å². The van der Waals surface area contributed by atoms with E-state index in [1.165, 1.54) is 0 Å². The van der Waals surface area contributed by atoms with Crippen LogP contribution in [0.25, 0.3) is 0 Å². The van der Waals surface area contributed by atoms with E-state index >= 15 is 0 Å². The molecule has 1 unspecified atom stereocenters. The normalized spacial score (nSPS) is 12.7. The van der Waals surface area contributed by atoms with Crippen molar-refractivity contribution in [3.63, 3.8) is 0 Å². The van der Waals surface area contributed by atoms with E-state index in [1.54, 1.807) is 18.5 Å². The van der Waals surface area contributed by atoms with Crippen LogP contribution in [0.15, 0.2) is 18.5 Å². The molecule has 13 heavy (non-hydrogen) atoms. The fourth-order valence-corrected chi connectivity index (χ4v) is 1.94. The summed E-state index contributed by atoms with van der Waals surface area (Å²) < 4.78 is 11.3. The fourth-order valence-electron chi connectivity index (χ4n) is 0.865. The Morgan fingerprint density at radius 3 is 2.69 bits per heavy atom. The Bertz CT molecular complexity index is 265. The molecule has 1 rings (SSSR count). The molecular formula is C8H13N3OS. The maximum atomic E-state index is 11.3. The highest BCUT2D eigenvalue weighted by molar-refractivity contribution is 7.84. The van der Waals surface area contributed by atoms with Gasteiger partial charge in [0.2, 0.25) is 0 Å². The van der Waals surface area contributed by atoms with Gasteiger partial charge in [-0.3, -0.25) is 4.21 Å². The smallest absolute Gasteiger partial charge is 0.140 e. The van der Waals surface area contributed by atoms with Gasteiger partial charge in [0, 0.05) is 28.9 Å². The molecule has 0 aliphatic carbocycles. The monoisotopic (exact) mass is 199 g/mol. The van der Waals surface area contributed by atoms with Gasteiger partial charge in [0.25, 0.3) is 0 Å². The zero-order valence-electron chi connectivity index (χ0n) is 7.35. The van der Waals surface area contributed by atoms with Gasteiger partial charge in [0.05, 0.1) is 5.75 Å². The molecular weight excluding hydrogens is 186 g/mol. The molecule has 1 heterocycles. The standard InChI is InChI=1S/C8H13N3OS/c9-3-1-6-13(12)7-8-10-4-2-5-11-8/h2,4-5H,1,3,6-7,9H2. The summed E-state index contributed by atoms with van der Waals surface area (Å²) in [7, 11) is -0.876. The highest BCUT2D eigenvalue weighted by Gasteiger charge is 2.02. The Hall–Kier alpha value is -0.810. The number of nitrogens with zero attached hydrogens (tertiary/aromatic N) is 2. The third-order valence-electron chi connectivity index (χ3n) is 1.49. The summed E-state index contributed by atoms with van der Waals surface area (Å²) in [5.74, 6) is 1.70. The minimum absolute atomic E-state index is 0.431. The lowest BCUT2D eigenvalue weighted by Gasteiger charge is -1.98. The molecule has 5 heteroatoms. The Balaban J connectivity index is 2.37. The summed E-state index contributed by atoms with van der Waals surface area (Å²) in [6, 6.07) is 1.74. The van der Waals surface area contributed by atoms with Crippen molar-refractivity contribution in [1.29, 1.82) is 0 Å². The van der Waals surface area contributed by atoms with Crippen LogP contribution in [0.5, 0.6) is 0 Å². The van der Waals surface area contributed by atoms with Crippen LogP contribution in [-0.4, -0.2) is 26.5 Å². The summed E-state index contributed by atoms with van der Waals surface area (Å²) >= 11 is 0. The second-order valence-corrected chi connectivity index (χ2v) is 4.17. The van der Waals surface area contributed by atoms with E-state index in [2.05, 4.69) is 9.97 Å². The van der Waals surface area contributed by atoms with Crippen molar-refractivity contribution in [3.05, 3.63) is 24.3 Å². The predicted molar refractivity (Wildman–Crippen MR) is 52.4 cm³/mol. The first-order valence-electron chi connectivity index (χ1n) is 4.14. The Kier molecular flexibility index (Phi) is 4.56. The van der Waals surface area contributed by atoms with E-state index in [0.29, 0.717) is 23.9 Å². The lowest BCUT2D eigenvalue weighted by Crippen LogP contribution is -2.08. The molecule has 0 bridgehead atoms. The molecule has 0 radical (unpaired) electrons. The van der Waals surface area contributed by atoms with E-state index in [1.807, 2.05) is 0 Å². The van der Waals surface area contributed by atoms with Gasteiger partial charge in [-0.2, -0.15) is 0 Å². The van der Waals surface area contributed by atoms with Gasteiger partial charge in [-0.25, -0.2) is 9.97 Å². The third-order valence-corrected chi connectivity index (χ3v) is 2.81. The number of hydrogen-bond acceptors (Lipinski definition) is 4. The average molecular weight is 199 g/mol. The largest absolute Gasteiger partial charge is 0.330 e. The summed E-state index contributed by atoms with van der Waals surface area (Å²) in [5.41, 5.74) is 5.30. The number of nitrogens with two attached hydrogens (primary N) is 1. The summed E-state index contributed by atoms with van der Waals surface area (Å²) in [6.45, 7) is 0.585. The molecule has 2 N–H and O–H groups in total. The van der Waals surface area contributed by atoms with Crippen molar-refractivity contribution in [2.24, 2.45) is 5.73 Å².